The highest BCUT2D eigenvalue weighted by molar-refractivity contribution is 6.29. The number of rotatable bonds is 8. The number of nitrogens with one attached hydrogen (secondary N) is 2. The summed E-state index contributed by atoms with van der Waals surface area (Å²) in [5.41, 5.74) is -1.03. The summed E-state index contributed by atoms with van der Waals surface area (Å²) in [6, 6.07) is 8.80. The van der Waals surface area contributed by atoms with Crippen LogP contribution in [-0.4, -0.2) is 27.0 Å². The van der Waals surface area contributed by atoms with Gasteiger partial charge in [-0.1, -0.05) is 17.7 Å². The Morgan fingerprint density at radius 3 is 2.71 bits per heavy atom. The van der Waals surface area contributed by atoms with Crippen LogP contribution in [0.15, 0.2) is 59.8 Å². The van der Waals surface area contributed by atoms with Crippen LogP contribution in [0.25, 0.3) is 0 Å². The number of amides is 1. The molecule has 0 bridgehead atoms. The molecule has 9 nitrogen and oxygen atoms in total. The van der Waals surface area contributed by atoms with Crippen LogP contribution in [0.4, 0.5) is 14.6 Å². The van der Waals surface area contributed by atoms with E-state index in [1.54, 1.807) is 24.4 Å². The summed E-state index contributed by atoms with van der Waals surface area (Å²) >= 11 is 5.96. The van der Waals surface area contributed by atoms with Crippen molar-refractivity contribution in [3.05, 3.63) is 87.1 Å². The van der Waals surface area contributed by atoms with E-state index in [9.17, 15) is 23.6 Å². The second kappa shape index (κ2) is 9.47. The van der Waals surface area contributed by atoms with Crippen LogP contribution in [0.1, 0.15) is 11.4 Å². The van der Waals surface area contributed by atoms with Gasteiger partial charge in [-0.15, -0.1) is 0 Å². The van der Waals surface area contributed by atoms with Crippen molar-refractivity contribution in [1.29, 1.82) is 0 Å². The first-order valence-corrected chi connectivity index (χ1v) is 9.38. The maximum absolute atomic E-state index is 14.4. The minimum absolute atomic E-state index is 0.0428. The molecule has 0 spiro atoms. The summed E-state index contributed by atoms with van der Waals surface area (Å²) in [5, 5.41) is 16.3. The molecule has 3 rings (SSSR count). The third-order valence-electron chi connectivity index (χ3n) is 4.18. The van der Waals surface area contributed by atoms with Gasteiger partial charge in [0.15, 0.2) is 12.0 Å². The molecule has 1 amide bonds. The number of pyridine rings is 2. The Balaban J connectivity index is 1.69. The van der Waals surface area contributed by atoms with Crippen molar-refractivity contribution in [1.82, 2.24) is 19.9 Å². The molecule has 3 heterocycles. The van der Waals surface area contributed by atoms with Gasteiger partial charge in [-0.25, -0.2) is 4.98 Å². The van der Waals surface area contributed by atoms with Crippen LogP contribution < -0.4 is 20.9 Å². The number of aromatic nitrogens is 4. The highest BCUT2D eigenvalue weighted by Gasteiger charge is 2.39. The molecular formula is C19H17ClF2N6O3. The van der Waals surface area contributed by atoms with Gasteiger partial charge in [0.25, 0.3) is 11.3 Å². The van der Waals surface area contributed by atoms with Crippen molar-refractivity contribution in [3.8, 4) is 0 Å². The third kappa shape index (κ3) is 5.51. The topological polar surface area (TPSA) is 116 Å². The number of alkyl halides is 2. The molecule has 0 unspecified atom stereocenters. The normalized spacial score (nSPS) is 11.2. The molecule has 12 heteroatoms. The maximum atomic E-state index is 14.4. The lowest BCUT2D eigenvalue weighted by molar-refractivity contribution is -0.624. The molecule has 2 N–H and O–H groups in total. The number of nitrogens with zero attached hydrogens (tertiary/aromatic N) is 4. The van der Waals surface area contributed by atoms with Gasteiger partial charge in [0.2, 0.25) is 5.91 Å². The summed E-state index contributed by atoms with van der Waals surface area (Å²) in [5.74, 6) is -4.55. The summed E-state index contributed by atoms with van der Waals surface area (Å²) in [6.45, 7) is -1.37. The highest BCUT2D eigenvalue weighted by Crippen LogP contribution is 2.25. The quantitative estimate of drug-likeness (QED) is 0.396. The largest absolute Gasteiger partial charge is 0.618 e. The van der Waals surface area contributed by atoms with Gasteiger partial charge >= 0.3 is 5.92 Å². The zero-order chi connectivity index (χ0) is 22.4. The fraction of sp³-hybridized carbons (Fsp3) is 0.211. The first-order chi connectivity index (χ1) is 14.8. The van der Waals surface area contributed by atoms with Gasteiger partial charge in [0, 0.05) is 18.3 Å². The van der Waals surface area contributed by atoms with E-state index < -0.39 is 42.0 Å². The highest BCUT2D eigenvalue weighted by atomic mass is 35.5. The Kier molecular flexibility index (Phi) is 6.75. The van der Waals surface area contributed by atoms with Crippen LogP contribution in [0.5, 0.6) is 0 Å². The van der Waals surface area contributed by atoms with Crippen molar-refractivity contribution in [3.63, 3.8) is 0 Å². The van der Waals surface area contributed by atoms with Crippen LogP contribution >= 0.6 is 11.6 Å². The first-order valence-electron chi connectivity index (χ1n) is 9.00. The van der Waals surface area contributed by atoms with E-state index in [1.807, 2.05) is 0 Å². The zero-order valence-corrected chi connectivity index (χ0v) is 16.7. The standard InChI is InChI=1S/C19H17ClF2N6O3/c20-15-10-25-17(26-12-19(21,22)14-6-2-4-8-28(14)31)18(30)27(15)11-16(29)24-9-13-5-1-3-7-23-13/h1-8,10H,9,11-12H2,(H,24,29)(H,25,26). The molecule has 3 aromatic rings. The predicted octanol–water partition coefficient (Wildman–Crippen LogP) is 1.45. The van der Waals surface area contributed by atoms with Crippen LogP contribution in [0, 0.1) is 5.21 Å². The van der Waals surface area contributed by atoms with Crippen molar-refractivity contribution >= 4 is 23.3 Å². The maximum Gasteiger partial charge on any atom is 0.347 e. The van der Waals surface area contributed by atoms with Gasteiger partial charge in [-0.05, 0) is 18.2 Å². The molecule has 0 fully saturated rings. The molecule has 31 heavy (non-hydrogen) atoms. The molecule has 162 valence electrons. The van der Waals surface area contributed by atoms with E-state index in [-0.39, 0.29) is 16.4 Å². The number of hydrogen-bond donors (Lipinski definition) is 2. The molecule has 0 saturated heterocycles. The Hall–Kier alpha value is -3.60. The molecule has 0 saturated carbocycles. The van der Waals surface area contributed by atoms with Gasteiger partial charge in [0.05, 0.1) is 25.0 Å². The lowest BCUT2D eigenvalue weighted by atomic mass is 10.2. The van der Waals surface area contributed by atoms with Crippen molar-refractivity contribution < 1.29 is 18.3 Å². The Morgan fingerprint density at radius 1 is 1.23 bits per heavy atom. The van der Waals surface area contributed by atoms with Crippen molar-refractivity contribution in [2.75, 3.05) is 11.9 Å². The van der Waals surface area contributed by atoms with Gasteiger partial charge in [-0.2, -0.15) is 13.5 Å². The Bertz CT molecular complexity index is 1130. The lowest BCUT2D eigenvalue weighted by Crippen LogP contribution is -2.41. The molecule has 0 aliphatic rings. The lowest BCUT2D eigenvalue weighted by Gasteiger charge is -2.17. The molecule has 0 aliphatic heterocycles. The predicted molar refractivity (Wildman–Crippen MR) is 107 cm³/mol. The van der Waals surface area contributed by atoms with Gasteiger partial charge < -0.3 is 15.8 Å². The van der Waals surface area contributed by atoms with Crippen LogP contribution in [0.3, 0.4) is 0 Å². The fourth-order valence-electron chi connectivity index (χ4n) is 2.62. The van der Waals surface area contributed by atoms with Crippen LogP contribution in [0.2, 0.25) is 5.15 Å². The first kappa shape index (κ1) is 22.1. The molecular weight excluding hydrogens is 434 g/mol. The van der Waals surface area contributed by atoms with E-state index in [1.165, 1.54) is 12.1 Å². The molecule has 0 aromatic carbocycles. The van der Waals surface area contributed by atoms with E-state index >= 15 is 0 Å². The van der Waals surface area contributed by atoms with Crippen LogP contribution in [-0.2, 0) is 23.8 Å². The van der Waals surface area contributed by atoms with E-state index in [0.717, 1.165) is 23.0 Å². The van der Waals surface area contributed by atoms with Crippen molar-refractivity contribution in [2.24, 2.45) is 0 Å². The van der Waals surface area contributed by atoms with Gasteiger partial charge in [0.1, 0.15) is 11.7 Å². The minimum atomic E-state index is -3.58. The summed E-state index contributed by atoms with van der Waals surface area (Å²) in [4.78, 5) is 32.5. The second-order valence-corrected chi connectivity index (χ2v) is 6.78. The SMILES string of the molecule is O=C(Cn1c(Cl)cnc(NCC(F)(F)c2cccc[n+]2[O-])c1=O)NCc1ccccn1. The molecule has 0 atom stereocenters. The van der Waals surface area contributed by atoms with E-state index in [2.05, 4.69) is 20.6 Å². The van der Waals surface area contributed by atoms with Crippen molar-refractivity contribution in [2.45, 2.75) is 19.0 Å². The zero-order valence-electron chi connectivity index (χ0n) is 16.0. The number of carbonyl (C=O) groups excluding carboxylic acids is 1. The average molecular weight is 451 g/mol. The van der Waals surface area contributed by atoms with Gasteiger partial charge in [-0.3, -0.25) is 19.1 Å². The number of anilines is 1. The number of halogens is 3. The van der Waals surface area contributed by atoms with E-state index in [0.29, 0.717) is 5.69 Å². The summed E-state index contributed by atoms with van der Waals surface area (Å²) in [6.07, 6.45) is 3.58. The molecule has 3 aromatic heterocycles. The number of carbonyl (C=O) groups is 1. The molecule has 0 radical (unpaired) electrons. The fourth-order valence-corrected chi connectivity index (χ4v) is 2.81. The summed E-state index contributed by atoms with van der Waals surface area (Å²) < 4.78 is 29.7. The Morgan fingerprint density at radius 2 is 2.00 bits per heavy atom. The minimum Gasteiger partial charge on any atom is -0.618 e. The second-order valence-electron chi connectivity index (χ2n) is 6.39. The Labute approximate surface area is 179 Å². The third-order valence-corrected chi connectivity index (χ3v) is 4.48. The summed E-state index contributed by atoms with van der Waals surface area (Å²) in [7, 11) is 0. The monoisotopic (exact) mass is 450 g/mol. The average Bonchev–Trinajstić information content (AvgIpc) is 2.75. The number of hydrogen-bond acceptors (Lipinski definition) is 6. The molecule has 0 aliphatic carbocycles. The van der Waals surface area contributed by atoms with E-state index in [4.69, 9.17) is 11.6 Å². The smallest absolute Gasteiger partial charge is 0.347 e.